The van der Waals surface area contributed by atoms with Gasteiger partial charge in [-0.05, 0) is 29.8 Å². The van der Waals surface area contributed by atoms with E-state index in [1.807, 2.05) is 24.3 Å². The second-order valence-corrected chi connectivity index (χ2v) is 5.84. The zero-order valence-corrected chi connectivity index (χ0v) is 11.9. The van der Waals surface area contributed by atoms with Crippen LogP contribution in [0.4, 0.5) is 5.69 Å². The molecule has 0 bridgehead atoms. The van der Waals surface area contributed by atoms with E-state index in [-0.39, 0.29) is 17.4 Å². The first-order valence-electron chi connectivity index (χ1n) is 6.51. The molecule has 1 unspecified atom stereocenters. The van der Waals surface area contributed by atoms with E-state index in [1.54, 1.807) is 23.9 Å². The molecule has 0 spiro atoms. The molecule has 106 valence electrons. The third-order valence-electron chi connectivity index (χ3n) is 3.39. The zero-order valence-electron chi connectivity index (χ0n) is 11.1. The van der Waals surface area contributed by atoms with Gasteiger partial charge in [0.2, 0.25) is 5.91 Å². The van der Waals surface area contributed by atoms with Crippen LogP contribution in [0.15, 0.2) is 53.4 Å². The minimum absolute atomic E-state index is 0.102. The second kappa shape index (κ2) is 5.61. The maximum absolute atomic E-state index is 12.4. The molecule has 1 aliphatic rings. The Labute approximate surface area is 126 Å². The molecule has 4 nitrogen and oxygen atoms in total. The number of hydrogen-bond donors (Lipinski definition) is 2. The number of rotatable bonds is 3. The highest BCUT2D eigenvalue weighted by atomic mass is 32.2. The predicted octanol–water partition coefficient (Wildman–Crippen LogP) is 3.21. The molecule has 0 aliphatic carbocycles. The largest absolute Gasteiger partial charge is 0.478 e. The number of benzene rings is 2. The minimum atomic E-state index is -1.01. The summed E-state index contributed by atoms with van der Waals surface area (Å²) in [6.45, 7) is 0. The molecule has 2 N–H and O–H groups in total. The number of thioether (sulfide) groups is 1. The van der Waals surface area contributed by atoms with E-state index in [4.69, 9.17) is 5.11 Å². The van der Waals surface area contributed by atoms with Gasteiger partial charge in [-0.25, -0.2) is 4.79 Å². The van der Waals surface area contributed by atoms with Crippen LogP contribution in [0.1, 0.15) is 21.8 Å². The van der Waals surface area contributed by atoms with E-state index < -0.39 is 5.97 Å². The highest BCUT2D eigenvalue weighted by molar-refractivity contribution is 7.99. The fourth-order valence-corrected chi connectivity index (χ4v) is 3.57. The van der Waals surface area contributed by atoms with Crippen LogP contribution >= 0.6 is 11.8 Å². The maximum Gasteiger partial charge on any atom is 0.335 e. The second-order valence-electron chi connectivity index (χ2n) is 4.78. The van der Waals surface area contributed by atoms with Crippen molar-refractivity contribution in [3.63, 3.8) is 0 Å². The number of amides is 1. The van der Waals surface area contributed by atoms with Crippen molar-refractivity contribution in [2.24, 2.45) is 0 Å². The van der Waals surface area contributed by atoms with Gasteiger partial charge in [-0.2, -0.15) is 0 Å². The number of nitrogens with one attached hydrogen (secondary N) is 1. The molecule has 0 saturated carbocycles. The summed E-state index contributed by atoms with van der Waals surface area (Å²) in [4.78, 5) is 24.5. The molecule has 21 heavy (non-hydrogen) atoms. The lowest BCUT2D eigenvalue weighted by Crippen LogP contribution is -2.21. The Morgan fingerprint density at radius 1 is 1.14 bits per heavy atom. The van der Waals surface area contributed by atoms with Crippen molar-refractivity contribution in [1.82, 2.24) is 0 Å². The molecule has 3 rings (SSSR count). The third-order valence-corrected chi connectivity index (χ3v) is 4.58. The molecule has 5 heteroatoms. The number of aromatic carboxylic acids is 1. The SMILES string of the molecule is O=C(O)c1cccc(NC(=O)C2CSc3ccccc32)c1. The molecule has 0 saturated heterocycles. The molecule has 1 heterocycles. The smallest absolute Gasteiger partial charge is 0.335 e. The van der Waals surface area contributed by atoms with Crippen molar-refractivity contribution in [3.8, 4) is 0 Å². The third kappa shape index (κ3) is 2.78. The molecule has 1 atom stereocenters. The van der Waals surface area contributed by atoms with Crippen molar-refractivity contribution in [3.05, 3.63) is 59.7 Å². The molecule has 1 aliphatic heterocycles. The first-order valence-corrected chi connectivity index (χ1v) is 7.49. The maximum atomic E-state index is 12.4. The first kappa shape index (κ1) is 13.7. The van der Waals surface area contributed by atoms with Gasteiger partial charge in [-0.3, -0.25) is 4.79 Å². The van der Waals surface area contributed by atoms with Crippen LogP contribution < -0.4 is 5.32 Å². The van der Waals surface area contributed by atoms with Gasteiger partial charge in [0.05, 0.1) is 11.5 Å². The van der Waals surface area contributed by atoms with Crippen molar-refractivity contribution in [2.45, 2.75) is 10.8 Å². The van der Waals surface area contributed by atoms with Crippen LogP contribution in [0.2, 0.25) is 0 Å². The van der Waals surface area contributed by atoms with Gasteiger partial charge in [-0.15, -0.1) is 11.8 Å². The van der Waals surface area contributed by atoms with Crippen molar-refractivity contribution >= 4 is 29.3 Å². The summed E-state index contributed by atoms with van der Waals surface area (Å²) in [6, 6.07) is 14.1. The molecule has 0 aromatic heterocycles. The summed E-state index contributed by atoms with van der Waals surface area (Å²) in [7, 11) is 0. The Balaban J connectivity index is 1.79. The average molecular weight is 299 g/mol. The van der Waals surface area contributed by atoms with Gasteiger partial charge < -0.3 is 10.4 Å². The summed E-state index contributed by atoms with van der Waals surface area (Å²) in [5, 5.41) is 11.8. The quantitative estimate of drug-likeness (QED) is 0.913. The number of fused-ring (bicyclic) bond motifs is 1. The number of carbonyl (C=O) groups is 2. The van der Waals surface area contributed by atoms with Crippen molar-refractivity contribution in [2.75, 3.05) is 11.1 Å². The predicted molar refractivity (Wildman–Crippen MR) is 81.9 cm³/mol. The number of hydrogen-bond acceptors (Lipinski definition) is 3. The lowest BCUT2D eigenvalue weighted by Gasteiger charge is -2.12. The molecule has 2 aromatic carbocycles. The van der Waals surface area contributed by atoms with Crippen LogP contribution in [-0.2, 0) is 4.79 Å². The van der Waals surface area contributed by atoms with Gasteiger partial charge in [0.1, 0.15) is 0 Å². The van der Waals surface area contributed by atoms with Gasteiger partial charge in [-0.1, -0.05) is 24.3 Å². The Morgan fingerprint density at radius 2 is 1.95 bits per heavy atom. The Hall–Kier alpha value is -2.27. The van der Waals surface area contributed by atoms with Crippen LogP contribution in [0.25, 0.3) is 0 Å². The number of anilines is 1. The minimum Gasteiger partial charge on any atom is -0.478 e. The fraction of sp³-hybridized carbons (Fsp3) is 0.125. The normalized spacial score (nSPS) is 16.3. The van der Waals surface area contributed by atoms with E-state index in [1.165, 1.54) is 12.1 Å². The van der Waals surface area contributed by atoms with Crippen LogP contribution in [-0.4, -0.2) is 22.7 Å². The molecule has 2 aromatic rings. The lowest BCUT2D eigenvalue weighted by atomic mass is 10.0. The van der Waals surface area contributed by atoms with Gasteiger partial charge in [0.15, 0.2) is 0 Å². The zero-order chi connectivity index (χ0) is 14.8. The molecular weight excluding hydrogens is 286 g/mol. The van der Waals surface area contributed by atoms with Crippen LogP contribution in [0.3, 0.4) is 0 Å². The van der Waals surface area contributed by atoms with E-state index in [2.05, 4.69) is 5.32 Å². The fourth-order valence-electron chi connectivity index (χ4n) is 2.34. The van der Waals surface area contributed by atoms with E-state index >= 15 is 0 Å². The highest BCUT2D eigenvalue weighted by Gasteiger charge is 2.28. The highest BCUT2D eigenvalue weighted by Crippen LogP contribution is 2.39. The molecule has 1 amide bonds. The Kier molecular flexibility index (Phi) is 3.66. The lowest BCUT2D eigenvalue weighted by molar-refractivity contribution is -0.117. The summed E-state index contributed by atoms with van der Waals surface area (Å²) in [5.41, 5.74) is 1.71. The van der Waals surface area contributed by atoms with Crippen LogP contribution in [0.5, 0.6) is 0 Å². The summed E-state index contributed by atoms with van der Waals surface area (Å²) >= 11 is 1.67. The van der Waals surface area contributed by atoms with Gasteiger partial charge in [0, 0.05) is 16.3 Å². The van der Waals surface area contributed by atoms with E-state index in [0.29, 0.717) is 11.4 Å². The van der Waals surface area contributed by atoms with Gasteiger partial charge >= 0.3 is 5.97 Å². The molecular formula is C16H13NO3S. The number of carboxylic acids is 1. The molecule has 0 radical (unpaired) electrons. The number of carbonyl (C=O) groups excluding carboxylic acids is 1. The molecule has 0 fully saturated rings. The average Bonchev–Trinajstić information content (AvgIpc) is 2.91. The summed E-state index contributed by atoms with van der Waals surface area (Å²) < 4.78 is 0. The topological polar surface area (TPSA) is 66.4 Å². The van der Waals surface area contributed by atoms with Crippen molar-refractivity contribution in [1.29, 1.82) is 0 Å². The van der Waals surface area contributed by atoms with Crippen LogP contribution in [0, 0.1) is 0 Å². The number of carboxylic acid groups (broad SMARTS) is 1. The van der Waals surface area contributed by atoms with E-state index in [0.717, 1.165) is 10.5 Å². The van der Waals surface area contributed by atoms with E-state index in [9.17, 15) is 9.59 Å². The van der Waals surface area contributed by atoms with Crippen molar-refractivity contribution < 1.29 is 14.7 Å². The Bertz CT molecular complexity index is 714. The van der Waals surface area contributed by atoms with Gasteiger partial charge in [0.25, 0.3) is 0 Å². The summed E-state index contributed by atoms with van der Waals surface area (Å²) in [6.07, 6.45) is 0. The standard InChI is InChI=1S/C16H13NO3S/c18-15(13-9-21-14-7-2-1-6-12(13)14)17-11-5-3-4-10(8-11)16(19)20/h1-8,13H,9H2,(H,17,18)(H,19,20). The Morgan fingerprint density at radius 3 is 2.76 bits per heavy atom. The first-order chi connectivity index (χ1) is 10.1. The summed E-state index contributed by atoms with van der Waals surface area (Å²) in [5.74, 6) is -0.591. The monoisotopic (exact) mass is 299 g/mol.